The topological polar surface area (TPSA) is 35.2 Å². The number of hydrogen-bond acceptors (Lipinski definition) is 2. The number of hydrogen-bond donors (Lipinski definition) is 1. The fourth-order valence-electron chi connectivity index (χ4n) is 2.11. The first kappa shape index (κ1) is 15.4. The molecule has 0 heterocycles. The largest absolute Gasteiger partial charge is 0.492 e. The second kappa shape index (κ2) is 6.18. The number of alkyl halides is 3. The highest BCUT2D eigenvalue weighted by atomic mass is 19.4. The van der Waals surface area contributed by atoms with Crippen molar-refractivity contribution in [3.8, 4) is 16.9 Å². The molecular formula is C16H16F3NO. The summed E-state index contributed by atoms with van der Waals surface area (Å²) in [4.78, 5) is 0. The molecule has 0 amide bonds. The normalized spacial score (nSPS) is 11.5. The van der Waals surface area contributed by atoms with Gasteiger partial charge in [-0.15, -0.1) is 0 Å². The molecule has 2 rings (SSSR count). The third kappa shape index (κ3) is 3.55. The lowest BCUT2D eigenvalue weighted by atomic mass is 9.98. The molecule has 21 heavy (non-hydrogen) atoms. The van der Waals surface area contributed by atoms with Crippen LogP contribution in [-0.4, -0.2) is 13.2 Å². The van der Waals surface area contributed by atoms with Gasteiger partial charge in [0.15, 0.2) is 0 Å². The lowest BCUT2D eigenvalue weighted by Crippen LogP contribution is -2.14. The molecule has 2 aromatic rings. The molecule has 112 valence electrons. The fraction of sp³-hybridized carbons (Fsp3) is 0.250. The molecule has 0 spiro atoms. The van der Waals surface area contributed by atoms with Crippen molar-refractivity contribution in [3.05, 3.63) is 53.6 Å². The van der Waals surface area contributed by atoms with Crippen LogP contribution in [0.2, 0.25) is 0 Å². The van der Waals surface area contributed by atoms with E-state index in [-0.39, 0.29) is 18.9 Å². The van der Waals surface area contributed by atoms with Gasteiger partial charge in [0.1, 0.15) is 12.4 Å². The Kier molecular flexibility index (Phi) is 4.53. The minimum absolute atomic E-state index is 0.0484. The smallest absolute Gasteiger partial charge is 0.419 e. The van der Waals surface area contributed by atoms with Crippen LogP contribution in [0.3, 0.4) is 0 Å². The predicted octanol–water partition coefficient (Wildman–Crippen LogP) is 4.02. The van der Waals surface area contributed by atoms with E-state index in [1.807, 2.05) is 19.1 Å². The third-order valence-corrected chi connectivity index (χ3v) is 3.12. The molecule has 5 heteroatoms. The number of ether oxygens (including phenoxy) is 1. The highest BCUT2D eigenvalue weighted by Gasteiger charge is 2.34. The summed E-state index contributed by atoms with van der Waals surface area (Å²) in [6, 6.07) is 11.4. The Bertz CT molecular complexity index is 623. The van der Waals surface area contributed by atoms with E-state index in [9.17, 15) is 13.2 Å². The maximum absolute atomic E-state index is 13.2. The van der Waals surface area contributed by atoms with Crippen molar-refractivity contribution in [2.75, 3.05) is 13.2 Å². The molecule has 0 aromatic heterocycles. The van der Waals surface area contributed by atoms with Crippen LogP contribution in [0.1, 0.15) is 11.1 Å². The summed E-state index contributed by atoms with van der Waals surface area (Å²) >= 11 is 0. The summed E-state index contributed by atoms with van der Waals surface area (Å²) in [7, 11) is 0. The summed E-state index contributed by atoms with van der Waals surface area (Å²) in [5.74, 6) is -0.190. The van der Waals surface area contributed by atoms with Crippen molar-refractivity contribution >= 4 is 0 Å². The van der Waals surface area contributed by atoms with Crippen LogP contribution in [0, 0.1) is 6.92 Å². The lowest BCUT2D eigenvalue weighted by molar-refractivity contribution is -0.138. The Morgan fingerprint density at radius 1 is 1.10 bits per heavy atom. The van der Waals surface area contributed by atoms with E-state index in [0.29, 0.717) is 5.56 Å². The van der Waals surface area contributed by atoms with E-state index in [1.165, 1.54) is 6.07 Å². The summed E-state index contributed by atoms with van der Waals surface area (Å²) in [5, 5.41) is 0. The molecule has 0 aliphatic heterocycles. The Balaban J connectivity index is 2.49. The molecule has 0 atom stereocenters. The first-order valence-corrected chi connectivity index (χ1v) is 6.53. The second-order valence-corrected chi connectivity index (χ2v) is 4.66. The zero-order chi connectivity index (χ0) is 15.5. The van der Waals surface area contributed by atoms with Crippen molar-refractivity contribution < 1.29 is 17.9 Å². The molecule has 0 bridgehead atoms. The van der Waals surface area contributed by atoms with Crippen LogP contribution in [0.5, 0.6) is 5.75 Å². The summed E-state index contributed by atoms with van der Waals surface area (Å²) in [6.45, 7) is 2.07. The quantitative estimate of drug-likeness (QED) is 0.924. The van der Waals surface area contributed by atoms with Gasteiger partial charge in [-0.1, -0.05) is 30.3 Å². The van der Waals surface area contributed by atoms with Crippen molar-refractivity contribution in [2.45, 2.75) is 13.1 Å². The van der Waals surface area contributed by atoms with Crippen molar-refractivity contribution in [1.29, 1.82) is 0 Å². The maximum Gasteiger partial charge on any atom is 0.419 e. The second-order valence-electron chi connectivity index (χ2n) is 4.66. The highest BCUT2D eigenvalue weighted by molar-refractivity contribution is 5.69. The molecule has 0 unspecified atom stereocenters. The van der Waals surface area contributed by atoms with Gasteiger partial charge in [-0.3, -0.25) is 0 Å². The monoisotopic (exact) mass is 295 g/mol. The zero-order valence-corrected chi connectivity index (χ0v) is 11.6. The van der Waals surface area contributed by atoms with Crippen molar-refractivity contribution in [2.24, 2.45) is 5.73 Å². The minimum Gasteiger partial charge on any atom is -0.492 e. The van der Waals surface area contributed by atoms with E-state index in [1.54, 1.807) is 18.2 Å². The zero-order valence-electron chi connectivity index (χ0n) is 11.6. The molecule has 2 nitrogen and oxygen atoms in total. The van der Waals surface area contributed by atoms with Crippen LogP contribution in [-0.2, 0) is 6.18 Å². The standard InChI is InChI=1S/C16H16F3NO/c1-11-4-2-3-5-13(11)12-6-7-15(21-9-8-20)14(10-12)16(17,18)19/h2-7,10H,8-9,20H2,1H3. The lowest BCUT2D eigenvalue weighted by Gasteiger charge is -2.16. The van der Waals surface area contributed by atoms with E-state index >= 15 is 0 Å². The average Bonchev–Trinajstić information content (AvgIpc) is 2.44. The van der Waals surface area contributed by atoms with Crippen LogP contribution in [0.15, 0.2) is 42.5 Å². The molecule has 2 aromatic carbocycles. The van der Waals surface area contributed by atoms with Gasteiger partial charge in [0, 0.05) is 6.54 Å². The number of benzene rings is 2. The van der Waals surface area contributed by atoms with Gasteiger partial charge >= 0.3 is 6.18 Å². The first-order valence-electron chi connectivity index (χ1n) is 6.53. The number of rotatable bonds is 4. The van der Waals surface area contributed by atoms with Crippen LogP contribution in [0.25, 0.3) is 11.1 Å². The van der Waals surface area contributed by atoms with E-state index in [0.717, 1.165) is 17.2 Å². The predicted molar refractivity (Wildman–Crippen MR) is 76.2 cm³/mol. The van der Waals surface area contributed by atoms with E-state index in [2.05, 4.69) is 0 Å². The molecule has 0 fully saturated rings. The summed E-state index contributed by atoms with van der Waals surface area (Å²) in [5.41, 5.74) is 6.69. The van der Waals surface area contributed by atoms with Gasteiger partial charge in [-0.05, 0) is 35.7 Å². The van der Waals surface area contributed by atoms with Gasteiger partial charge in [0.2, 0.25) is 0 Å². The molecule has 0 saturated heterocycles. The van der Waals surface area contributed by atoms with Crippen LogP contribution >= 0.6 is 0 Å². The third-order valence-electron chi connectivity index (χ3n) is 3.12. The van der Waals surface area contributed by atoms with Crippen molar-refractivity contribution in [3.63, 3.8) is 0 Å². The van der Waals surface area contributed by atoms with Crippen LogP contribution < -0.4 is 10.5 Å². The molecule has 0 aliphatic carbocycles. The fourth-order valence-corrected chi connectivity index (χ4v) is 2.11. The molecular weight excluding hydrogens is 279 g/mol. The van der Waals surface area contributed by atoms with E-state index < -0.39 is 11.7 Å². The Labute approximate surface area is 121 Å². The maximum atomic E-state index is 13.2. The summed E-state index contributed by atoms with van der Waals surface area (Å²) < 4.78 is 44.6. The van der Waals surface area contributed by atoms with Crippen molar-refractivity contribution in [1.82, 2.24) is 0 Å². The Morgan fingerprint density at radius 3 is 2.43 bits per heavy atom. The Morgan fingerprint density at radius 2 is 1.81 bits per heavy atom. The van der Waals surface area contributed by atoms with Gasteiger partial charge in [-0.2, -0.15) is 13.2 Å². The SMILES string of the molecule is Cc1ccccc1-c1ccc(OCCN)c(C(F)(F)F)c1. The number of nitrogens with two attached hydrogens (primary N) is 1. The van der Waals surface area contributed by atoms with Gasteiger partial charge < -0.3 is 10.5 Å². The van der Waals surface area contributed by atoms with Gasteiger partial charge in [-0.25, -0.2) is 0 Å². The molecule has 0 saturated carbocycles. The average molecular weight is 295 g/mol. The minimum atomic E-state index is -4.47. The number of aryl methyl sites for hydroxylation is 1. The van der Waals surface area contributed by atoms with Gasteiger partial charge in [0.05, 0.1) is 5.56 Å². The highest BCUT2D eigenvalue weighted by Crippen LogP contribution is 2.39. The molecule has 0 radical (unpaired) electrons. The molecule has 0 aliphatic rings. The first-order chi connectivity index (χ1) is 9.93. The Hall–Kier alpha value is -2.01. The number of halogens is 3. The van der Waals surface area contributed by atoms with Crippen LogP contribution in [0.4, 0.5) is 13.2 Å². The summed E-state index contributed by atoms with van der Waals surface area (Å²) in [6.07, 6.45) is -4.47. The van der Waals surface area contributed by atoms with Gasteiger partial charge in [0.25, 0.3) is 0 Å². The molecule has 2 N–H and O–H groups in total. The van der Waals surface area contributed by atoms with E-state index in [4.69, 9.17) is 10.5 Å².